The van der Waals surface area contributed by atoms with Gasteiger partial charge in [0, 0.05) is 18.5 Å². The molecule has 0 spiro atoms. The summed E-state index contributed by atoms with van der Waals surface area (Å²) in [4.78, 5) is 25.7. The molecule has 4 atom stereocenters. The number of rotatable bonds is 4. The average molecular weight is 282 g/mol. The fourth-order valence-corrected chi connectivity index (χ4v) is 3.71. The third-order valence-corrected chi connectivity index (χ3v) is 4.91. The van der Waals surface area contributed by atoms with Crippen LogP contribution < -0.4 is 5.73 Å². The Morgan fingerprint density at radius 1 is 1.25 bits per heavy atom. The van der Waals surface area contributed by atoms with Gasteiger partial charge in [0.1, 0.15) is 6.04 Å². The van der Waals surface area contributed by atoms with Crippen LogP contribution in [0, 0.1) is 5.92 Å². The molecule has 1 aliphatic carbocycles. The number of amides is 1. The number of nitrogens with two attached hydrogens (primary N) is 1. The van der Waals surface area contributed by atoms with E-state index >= 15 is 0 Å². The first-order valence-electron chi connectivity index (χ1n) is 7.84. The molecule has 1 amide bonds. The number of carboxylic acid groups (broad SMARTS) is 1. The Kier molecular flexibility index (Phi) is 5.02. The quantitative estimate of drug-likeness (QED) is 0.822. The molecule has 5 nitrogen and oxygen atoms in total. The molecule has 114 valence electrons. The number of hydrogen-bond acceptors (Lipinski definition) is 3. The van der Waals surface area contributed by atoms with Crippen molar-refractivity contribution < 1.29 is 14.7 Å². The second-order valence-corrected chi connectivity index (χ2v) is 6.22. The molecule has 20 heavy (non-hydrogen) atoms. The van der Waals surface area contributed by atoms with Crippen LogP contribution in [0.15, 0.2) is 0 Å². The maximum Gasteiger partial charge on any atom is 0.326 e. The summed E-state index contributed by atoms with van der Waals surface area (Å²) in [5.41, 5.74) is 5.88. The molecule has 2 fully saturated rings. The number of nitrogens with zero attached hydrogens (tertiary/aromatic N) is 1. The van der Waals surface area contributed by atoms with E-state index in [2.05, 4.69) is 0 Å². The summed E-state index contributed by atoms with van der Waals surface area (Å²) in [6.07, 6.45) is 6.90. The van der Waals surface area contributed by atoms with Crippen molar-refractivity contribution in [2.75, 3.05) is 0 Å². The zero-order valence-electron chi connectivity index (χ0n) is 12.3. The van der Waals surface area contributed by atoms with Crippen LogP contribution in [-0.4, -0.2) is 40.0 Å². The maximum absolute atomic E-state index is 12.5. The Bertz CT molecular complexity index is 372. The lowest BCUT2D eigenvalue weighted by molar-refractivity contribution is -0.158. The molecule has 1 aliphatic heterocycles. The highest BCUT2D eigenvalue weighted by Crippen LogP contribution is 2.38. The van der Waals surface area contributed by atoms with Gasteiger partial charge in [-0.25, -0.2) is 4.79 Å². The fourth-order valence-electron chi connectivity index (χ4n) is 3.71. The molecule has 3 N–H and O–H groups in total. The molecule has 0 aromatic rings. The molecular formula is C15H26N2O3. The van der Waals surface area contributed by atoms with Crippen LogP contribution in [0.4, 0.5) is 0 Å². The van der Waals surface area contributed by atoms with Crippen molar-refractivity contribution in [2.45, 2.75) is 76.4 Å². The third kappa shape index (κ3) is 3.14. The van der Waals surface area contributed by atoms with E-state index in [-0.39, 0.29) is 24.4 Å². The number of piperidine rings is 1. The Morgan fingerprint density at radius 2 is 1.95 bits per heavy atom. The van der Waals surface area contributed by atoms with Crippen molar-refractivity contribution in [2.24, 2.45) is 11.7 Å². The van der Waals surface area contributed by atoms with E-state index in [1.165, 1.54) is 6.42 Å². The minimum atomic E-state index is -0.868. The van der Waals surface area contributed by atoms with E-state index in [9.17, 15) is 14.7 Å². The van der Waals surface area contributed by atoms with Gasteiger partial charge in [-0.2, -0.15) is 0 Å². The first-order chi connectivity index (χ1) is 9.54. The van der Waals surface area contributed by atoms with Gasteiger partial charge < -0.3 is 15.7 Å². The predicted molar refractivity (Wildman–Crippen MR) is 76.1 cm³/mol. The number of likely N-dealkylation sites (tertiary alicyclic amines) is 1. The zero-order chi connectivity index (χ0) is 14.7. The van der Waals surface area contributed by atoms with Crippen LogP contribution in [0.25, 0.3) is 0 Å². The summed E-state index contributed by atoms with van der Waals surface area (Å²) < 4.78 is 0. The van der Waals surface area contributed by atoms with Crippen molar-refractivity contribution in [3.63, 3.8) is 0 Å². The van der Waals surface area contributed by atoms with Gasteiger partial charge in [0.25, 0.3) is 0 Å². The SMILES string of the molecule is CCC(N)CC(=O)N1C(C(=O)O)CCC2CCCCC21. The highest BCUT2D eigenvalue weighted by Gasteiger charge is 2.43. The van der Waals surface area contributed by atoms with Crippen LogP contribution in [0.5, 0.6) is 0 Å². The predicted octanol–water partition coefficient (Wildman–Crippen LogP) is 1.75. The molecule has 0 aromatic carbocycles. The number of carboxylic acids is 1. The number of aliphatic carboxylic acids is 1. The van der Waals surface area contributed by atoms with Crippen LogP contribution in [0.1, 0.15) is 58.3 Å². The molecular weight excluding hydrogens is 256 g/mol. The Hall–Kier alpha value is -1.10. The standard InChI is InChI=1S/C15H26N2O3/c1-2-11(16)9-14(18)17-12-6-4-3-5-10(12)7-8-13(17)15(19)20/h10-13H,2-9,16H2,1H3,(H,19,20). The van der Waals surface area contributed by atoms with E-state index < -0.39 is 12.0 Å². The fraction of sp³-hybridized carbons (Fsp3) is 0.867. The topological polar surface area (TPSA) is 83.6 Å². The molecule has 1 saturated carbocycles. The van der Waals surface area contributed by atoms with Gasteiger partial charge in [-0.05, 0) is 38.0 Å². The van der Waals surface area contributed by atoms with Gasteiger partial charge >= 0.3 is 5.97 Å². The maximum atomic E-state index is 12.5. The Morgan fingerprint density at radius 3 is 2.60 bits per heavy atom. The van der Waals surface area contributed by atoms with Crippen molar-refractivity contribution in [1.82, 2.24) is 4.90 Å². The molecule has 2 rings (SSSR count). The highest BCUT2D eigenvalue weighted by atomic mass is 16.4. The lowest BCUT2D eigenvalue weighted by Crippen LogP contribution is -2.58. The highest BCUT2D eigenvalue weighted by molar-refractivity contribution is 5.84. The number of carbonyl (C=O) groups excluding carboxylic acids is 1. The van der Waals surface area contributed by atoms with Gasteiger partial charge in [-0.1, -0.05) is 19.8 Å². The number of fused-ring (bicyclic) bond motifs is 1. The van der Waals surface area contributed by atoms with Crippen LogP contribution in [0.3, 0.4) is 0 Å². The molecule has 5 heteroatoms. The first kappa shape index (κ1) is 15.3. The number of carbonyl (C=O) groups is 2. The monoisotopic (exact) mass is 282 g/mol. The summed E-state index contributed by atoms with van der Waals surface area (Å²) in [7, 11) is 0. The lowest BCUT2D eigenvalue weighted by Gasteiger charge is -2.47. The van der Waals surface area contributed by atoms with Crippen molar-refractivity contribution in [1.29, 1.82) is 0 Å². The summed E-state index contributed by atoms with van der Waals surface area (Å²) >= 11 is 0. The molecule has 4 unspecified atom stereocenters. The largest absolute Gasteiger partial charge is 0.480 e. The second kappa shape index (κ2) is 6.57. The Labute approximate surface area is 120 Å². The van der Waals surface area contributed by atoms with Gasteiger partial charge in [0.2, 0.25) is 5.91 Å². The molecule has 0 radical (unpaired) electrons. The molecule has 0 aromatic heterocycles. The minimum absolute atomic E-state index is 0.0663. The first-order valence-corrected chi connectivity index (χ1v) is 7.84. The van der Waals surface area contributed by atoms with Crippen LogP contribution in [0.2, 0.25) is 0 Å². The van der Waals surface area contributed by atoms with E-state index in [1.807, 2.05) is 6.92 Å². The van der Waals surface area contributed by atoms with Crippen molar-refractivity contribution in [3.8, 4) is 0 Å². The molecule has 1 saturated heterocycles. The molecule has 1 heterocycles. The third-order valence-electron chi connectivity index (χ3n) is 4.91. The van der Waals surface area contributed by atoms with Crippen LogP contribution >= 0.6 is 0 Å². The van der Waals surface area contributed by atoms with E-state index in [1.54, 1.807) is 4.90 Å². The van der Waals surface area contributed by atoms with Gasteiger partial charge in [-0.15, -0.1) is 0 Å². The van der Waals surface area contributed by atoms with E-state index in [0.29, 0.717) is 12.3 Å². The summed E-state index contributed by atoms with van der Waals surface area (Å²) in [6, 6.07) is -0.693. The Balaban J connectivity index is 2.16. The van der Waals surface area contributed by atoms with Gasteiger partial charge in [0.15, 0.2) is 0 Å². The van der Waals surface area contributed by atoms with Gasteiger partial charge in [0.05, 0.1) is 0 Å². The zero-order valence-corrected chi connectivity index (χ0v) is 12.3. The number of hydrogen-bond donors (Lipinski definition) is 2. The summed E-state index contributed by atoms with van der Waals surface area (Å²) in [6.45, 7) is 1.95. The summed E-state index contributed by atoms with van der Waals surface area (Å²) in [5, 5.41) is 9.41. The smallest absolute Gasteiger partial charge is 0.326 e. The summed E-state index contributed by atoms with van der Waals surface area (Å²) in [5.74, 6) is -0.447. The van der Waals surface area contributed by atoms with Crippen molar-refractivity contribution in [3.05, 3.63) is 0 Å². The normalized spacial score (nSPS) is 31.5. The van der Waals surface area contributed by atoms with E-state index in [0.717, 1.165) is 32.1 Å². The van der Waals surface area contributed by atoms with E-state index in [4.69, 9.17) is 5.73 Å². The molecule has 2 aliphatic rings. The average Bonchev–Trinajstić information content (AvgIpc) is 2.45. The van der Waals surface area contributed by atoms with Gasteiger partial charge in [-0.3, -0.25) is 4.79 Å². The second-order valence-electron chi connectivity index (χ2n) is 6.22. The van der Waals surface area contributed by atoms with Crippen LogP contribution in [-0.2, 0) is 9.59 Å². The van der Waals surface area contributed by atoms with Crippen molar-refractivity contribution >= 4 is 11.9 Å². The minimum Gasteiger partial charge on any atom is -0.480 e. The molecule has 0 bridgehead atoms. The lowest BCUT2D eigenvalue weighted by atomic mass is 9.76.